The van der Waals surface area contributed by atoms with E-state index in [4.69, 9.17) is 14.2 Å². The molecule has 1 aliphatic heterocycles. The van der Waals surface area contributed by atoms with E-state index in [1.807, 2.05) is 37.3 Å². The Hall–Kier alpha value is -2.93. The number of para-hydroxylation sites is 1. The fraction of sp³-hybridized carbons (Fsp3) is 0.200. The second kappa shape index (κ2) is 8.18. The number of nitrogens with one attached hydrogen (secondary N) is 1. The lowest BCUT2D eigenvalue weighted by Crippen LogP contribution is -2.19. The van der Waals surface area contributed by atoms with Crippen molar-refractivity contribution in [3.8, 4) is 17.2 Å². The molecule has 0 bridgehead atoms. The van der Waals surface area contributed by atoms with Crippen molar-refractivity contribution in [2.24, 2.45) is 4.99 Å². The minimum Gasteiger partial charge on any atom is -0.494 e. The molecular formula is C20H20N2O4S. The Balaban J connectivity index is 1.93. The summed E-state index contributed by atoms with van der Waals surface area (Å²) in [6.07, 6.45) is 1.76. The summed E-state index contributed by atoms with van der Waals surface area (Å²) in [6, 6.07) is 11.2. The number of benzene rings is 2. The molecule has 1 amide bonds. The van der Waals surface area contributed by atoms with Crippen LogP contribution in [0.25, 0.3) is 6.08 Å². The number of hydrogen-bond donors (Lipinski definition) is 1. The van der Waals surface area contributed by atoms with Crippen LogP contribution in [-0.2, 0) is 4.79 Å². The number of rotatable bonds is 5. The van der Waals surface area contributed by atoms with Gasteiger partial charge in [-0.15, -0.1) is 0 Å². The first-order chi connectivity index (χ1) is 13.0. The molecule has 3 rings (SSSR count). The summed E-state index contributed by atoms with van der Waals surface area (Å²) in [5, 5.41) is 3.28. The number of ether oxygens (including phenoxy) is 3. The summed E-state index contributed by atoms with van der Waals surface area (Å²) in [5.74, 6) is 1.62. The van der Waals surface area contributed by atoms with E-state index in [-0.39, 0.29) is 5.91 Å². The predicted molar refractivity (Wildman–Crippen MR) is 108 cm³/mol. The summed E-state index contributed by atoms with van der Waals surface area (Å²) >= 11 is 1.26. The number of amides is 1. The molecule has 0 aliphatic carbocycles. The zero-order valence-corrected chi connectivity index (χ0v) is 16.3. The van der Waals surface area contributed by atoms with Crippen molar-refractivity contribution in [2.75, 3.05) is 21.3 Å². The van der Waals surface area contributed by atoms with Gasteiger partial charge in [0.15, 0.2) is 16.7 Å². The van der Waals surface area contributed by atoms with E-state index in [0.717, 1.165) is 11.1 Å². The van der Waals surface area contributed by atoms with Crippen molar-refractivity contribution in [1.82, 2.24) is 5.32 Å². The summed E-state index contributed by atoms with van der Waals surface area (Å²) in [6.45, 7) is 1.98. The summed E-state index contributed by atoms with van der Waals surface area (Å²) in [4.78, 5) is 17.4. The Kier molecular flexibility index (Phi) is 5.71. The highest BCUT2D eigenvalue weighted by Crippen LogP contribution is 2.36. The topological polar surface area (TPSA) is 69.2 Å². The second-order valence-electron chi connectivity index (χ2n) is 5.74. The van der Waals surface area contributed by atoms with Crippen LogP contribution < -0.4 is 19.5 Å². The molecule has 0 spiro atoms. The molecule has 1 saturated heterocycles. The molecule has 6 nitrogen and oxygen atoms in total. The van der Waals surface area contributed by atoms with E-state index in [1.165, 1.54) is 11.8 Å². The van der Waals surface area contributed by atoms with Gasteiger partial charge in [-0.2, -0.15) is 0 Å². The number of hydrogen-bond acceptors (Lipinski definition) is 6. The van der Waals surface area contributed by atoms with Gasteiger partial charge in [0.1, 0.15) is 11.4 Å². The van der Waals surface area contributed by atoms with Gasteiger partial charge < -0.3 is 19.5 Å². The normalized spacial score (nSPS) is 16.5. The number of nitrogens with zero attached hydrogens (tertiary/aromatic N) is 1. The minimum atomic E-state index is -0.213. The standard InChI is InChI=1S/C20H20N2O4S/c1-12-8-9-15(24-2)14(10-12)21-20-22-19(23)17(27-20)11-13-6-5-7-16(25-3)18(13)26-4/h5-11H,1-4H3,(H,21,22,23)/b17-11-. The molecule has 1 heterocycles. The van der Waals surface area contributed by atoms with Gasteiger partial charge in [-0.25, -0.2) is 4.99 Å². The third-order valence-electron chi connectivity index (χ3n) is 3.93. The molecular weight excluding hydrogens is 364 g/mol. The molecule has 0 saturated carbocycles. The number of methoxy groups -OCH3 is 3. The van der Waals surface area contributed by atoms with Gasteiger partial charge in [0.05, 0.1) is 26.2 Å². The number of amidine groups is 1. The average molecular weight is 384 g/mol. The Bertz CT molecular complexity index is 938. The van der Waals surface area contributed by atoms with Crippen molar-refractivity contribution in [2.45, 2.75) is 6.92 Å². The van der Waals surface area contributed by atoms with Crippen LogP contribution in [0.4, 0.5) is 5.69 Å². The van der Waals surface area contributed by atoms with E-state index in [0.29, 0.717) is 33.0 Å². The highest BCUT2D eigenvalue weighted by atomic mass is 32.2. The molecule has 2 aromatic carbocycles. The van der Waals surface area contributed by atoms with Gasteiger partial charge in [-0.3, -0.25) is 4.79 Å². The van der Waals surface area contributed by atoms with E-state index in [1.54, 1.807) is 33.5 Å². The van der Waals surface area contributed by atoms with Crippen LogP contribution in [0, 0.1) is 6.92 Å². The Morgan fingerprint density at radius 3 is 2.52 bits per heavy atom. The average Bonchev–Trinajstić information content (AvgIpc) is 3.00. The third kappa shape index (κ3) is 4.09. The van der Waals surface area contributed by atoms with Crippen LogP contribution in [0.5, 0.6) is 17.2 Å². The molecule has 0 unspecified atom stereocenters. The molecule has 140 valence electrons. The van der Waals surface area contributed by atoms with Crippen molar-refractivity contribution < 1.29 is 19.0 Å². The van der Waals surface area contributed by atoms with Crippen LogP contribution in [0.1, 0.15) is 11.1 Å². The van der Waals surface area contributed by atoms with Gasteiger partial charge in [-0.1, -0.05) is 18.2 Å². The fourth-order valence-electron chi connectivity index (χ4n) is 2.64. The van der Waals surface area contributed by atoms with Gasteiger partial charge in [-0.05, 0) is 48.5 Å². The van der Waals surface area contributed by atoms with Crippen LogP contribution in [-0.4, -0.2) is 32.4 Å². The lowest BCUT2D eigenvalue weighted by molar-refractivity contribution is -0.115. The first kappa shape index (κ1) is 18.8. The van der Waals surface area contributed by atoms with E-state index in [9.17, 15) is 4.79 Å². The van der Waals surface area contributed by atoms with Crippen molar-refractivity contribution in [3.63, 3.8) is 0 Å². The number of aliphatic imine (C=N–C) groups is 1. The number of aryl methyl sites for hydroxylation is 1. The summed E-state index contributed by atoms with van der Waals surface area (Å²) in [5.41, 5.74) is 2.48. The monoisotopic (exact) mass is 384 g/mol. The zero-order chi connectivity index (χ0) is 19.4. The molecule has 0 atom stereocenters. The lowest BCUT2D eigenvalue weighted by atomic mass is 10.1. The van der Waals surface area contributed by atoms with E-state index >= 15 is 0 Å². The Labute approximate surface area is 162 Å². The predicted octanol–water partition coefficient (Wildman–Crippen LogP) is 3.91. The lowest BCUT2D eigenvalue weighted by Gasteiger charge is -2.10. The highest BCUT2D eigenvalue weighted by Gasteiger charge is 2.25. The van der Waals surface area contributed by atoms with Crippen LogP contribution in [0.15, 0.2) is 46.3 Å². The number of carbonyl (C=O) groups excluding carboxylic acids is 1. The third-order valence-corrected chi connectivity index (χ3v) is 4.84. The quantitative estimate of drug-likeness (QED) is 0.792. The molecule has 0 radical (unpaired) electrons. The molecule has 2 aromatic rings. The summed E-state index contributed by atoms with van der Waals surface area (Å²) in [7, 11) is 4.74. The van der Waals surface area contributed by atoms with E-state index < -0.39 is 0 Å². The molecule has 1 fully saturated rings. The van der Waals surface area contributed by atoms with Crippen LogP contribution in [0.3, 0.4) is 0 Å². The van der Waals surface area contributed by atoms with Gasteiger partial charge in [0.25, 0.3) is 5.91 Å². The largest absolute Gasteiger partial charge is 0.494 e. The molecule has 1 N–H and O–H groups in total. The first-order valence-electron chi connectivity index (χ1n) is 8.21. The van der Waals surface area contributed by atoms with Gasteiger partial charge in [0.2, 0.25) is 0 Å². The highest BCUT2D eigenvalue weighted by molar-refractivity contribution is 8.18. The smallest absolute Gasteiger partial charge is 0.264 e. The zero-order valence-electron chi connectivity index (χ0n) is 15.5. The number of carbonyl (C=O) groups is 1. The Morgan fingerprint density at radius 1 is 1.04 bits per heavy atom. The molecule has 1 aliphatic rings. The first-order valence-corrected chi connectivity index (χ1v) is 9.02. The fourth-order valence-corrected chi connectivity index (χ4v) is 3.47. The SMILES string of the molecule is COc1ccc(C)cc1N=C1NC(=O)/C(=C/c2cccc(OC)c2OC)S1. The minimum absolute atomic E-state index is 0.213. The van der Waals surface area contributed by atoms with Crippen molar-refractivity contribution in [1.29, 1.82) is 0 Å². The Morgan fingerprint density at radius 2 is 1.81 bits per heavy atom. The van der Waals surface area contributed by atoms with Crippen LogP contribution in [0.2, 0.25) is 0 Å². The van der Waals surface area contributed by atoms with Gasteiger partial charge >= 0.3 is 0 Å². The maximum Gasteiger partial charge on any atom is 0.264 e. The molecule has 27 heavy (non-hydrogen) atoms. The van der Waals surface area contributed by atoms with Crippen molar-refractivity contribution >= 4 is 34.6 Å². The molecule has 0 aromatic heterocycles. The molecule has 7 heteroatoms. The second-order valence-corrected chi connectivity index (χ2v) is 6.77. The maximum atomic E-state index is 12.4. The van der Waals surface area contributed by atoms with E-state index in [2.05, 4.69) is 10.3 Å². The van der Waals surface area contributed by atoms with Crippen molar-refractivity contribution in [3.05, 3.63) is 52.4 Å². The maximum absolute atomic E-state index is 12.4. The number of thioether (sulfide) groups is 1. The van der Waals surface area contributed by atoms with Crippen LogP contribution >= 0.6 is 11.8 Å². The summed E-state index contributed by atoms with van der Waals surface area (Å²) < 4.78 is 16.1. The van der Waals surface area contributed by atoms with Gasteiger partial charge in [0, 0.05) is 5.56 Å².